The van der Waals surface area contributed by atoms with Gasteiger partial charge in [-0.1, -0.05) is 45.7 Å². The van der Waals surface area contributed by atoms with Gasteiger partial charge in [0, 0.05) is 72.6 Å². The maximum Gasteiger partial charge on any atom is 0.330 e. The van der Waals surface area contributed by atoms with Crippen molar-refractivity contribution in [3.63, 3.8) is 0 Å². The van der Waals surface area contributed by atoms with Gasteiger partial charge in [-0.25, -0.2) is 9.59 Å². The van der Waals surface area contributed by atoms with Crippen LogP contribution in [-0.2, 0) is 65.2 Å². The zero-order chi connectivity index (χ0) is 103. The Morgan fingerprint density at radius 2 is 0.752 bits per heavy atom. The predicted molar refractivity (Wildman–Crippen MR) is 552 cm³/mol. The number of aryl methyl sites for hydroxylation is 2. The lowest BCUT2D eigenvalue weighted by Crippen LogP contribution is -2.53. The molecule has 0 spiro atoms. The van der Waals surface area contributed by atoms with Crippen LogP contribution in [0.5, 0.6) is 0 Å². The van der Waals surface area contributed by atoms with Gasteiger partial charge in [-0.3, -0.25) is 47.9 Å². The van der Waals surface area contributed by atoms with Crippen LogP contribution < -0.4 is 43.8 Å². The number of carbonyl (C=O) groups is 4. The first kappa shape index (κ1) is 115. The number of aromatic nitrogens is 4. The Kier molecular flexibility index (Phi) is 39.0. The number of amides is 4. The van der Waals surface area contributed by atoms with E-state index in [1.807, 2.05) is 6.92 Å². The van der Waals surface area contributed by atoms with Gasteiger partial charge in [0.1, 0.15) is 101 Å². The Morgan fingerprint density at radius 1 is 0.416 bits per heavy atom. The van der Waals surface area contributed by atoms with Crippen LogP contribution in [0.1, 0.15) is 103 Å². The molecule has 0 unspecified atom stereocenters. The van der Waals surface area contributed by atoms with Gasteiger partial charge in [-0.2, -0.15) is 0 Å². The van der Waals surface area contributed by atoms with Crippen molar-refractivity contribution in [2.45, 2.75) is 237 Å². The minimum absolute atomic E-state index is 0.218. The Bertz CT molecular complexity index is 5290. The molecule has 13 heterocycles. The monoisotopic (exact) mass is 2040 g/mol. The molecule has 0 radical (unpaired) electrons. The lowest BCUT2D eigenvalue weighted by Gasteiger charge is -2.38. The summed E-state index contributed by atoms with van der Waals surface area (Å²) in [6.45, 7) is 43.8. The van der Waals surface area contributed by atoms with E-state index in [0.717, 1.165) is 54.4 Å². The predicted octanol–water partition coefficient (Wildman–Crippen LogP) is 1.96. The smallest absolute Gasteiger partial charge is 0.330 e. The molecule has 0 saturated carbocycles. The Hall–Kier alpha value is -6.82. The molecule has 0 aromatic carbocycles. The molecule has 0 aliphatic carbocycles. The maximum absolute atomic E-state index is 12.1. The zero-order valence-corrected chi connectivity index (χ0v) is 87.5. The summed E-state index contributed by atoms with van der Waals surface area (Å²) < 4.78 is 43.5. The molecular formula is C93H152N12O26P6. The van der Waals surface area contributed by atoms with Crippen molar-refractivity contribution in [2.24, 2.45) is 0 Å². The fraction of sp³-hybridized carbons (Fsp3) is 0.613. The number of carbonyl (C=O) groups excluding carboxylic acids is 4. The zero-order valence-electron chi connectivity index (χ0n) is 82.1. The number of H-pyrrole nitrogens is 2. The number of aromatic amines is 2. The van der Waals surface area contributed by atoms with Crippen molar-refractivity contribution >= 4 is 103 Å². The van der Waals surface area contributed by atoms with E-state index in [2.05, 4.69) is 182 Å². The minimum atomic E-state index is -1.47. The van der Waals surface area contributed by atoms with Crippen LogP contribution in [0.15, 0.2) is 143 Å². The number of allylic oxidation sites excluding steroid dienone is 1. The molecule has 2 aromatic rings. The summed E-state index contributed by atoms with van der Waals surface area (Å²) in [6, 6.07) is 0. The first-order valence-electron chi connectivity index (χ1n) is 45.4. The van der Waals surface area contributed by atoms with Gasteiger partial charge in [-0.15, -0.1) is 85.7 Å². The largest absolute Gasteiger partial charge is 0.388 e. The molecule has 137 heavy (non-hydrogen) atoms. The van der Waals surface area contributed by atoms with Crippen LogP contribution in [0.2, 0.25) is 0 Å². The van der Waals surface area contributed by atoms with Crippen LogP contribution in [-0.4, -0.2) is 413 Å². The van der Waals surface area contributed by atoms with Gasteiger partial charge in [-0.05, 0) is 196 Å². The molecule has 17 N–H and O–H groups in total. The fourth-order valence-electron chi connectivity index (χ4n) is 16.7. The number of hydrogen-bond acceptors (Lipinski definition) is 30. The van der Waals surface area contributed by atoms with Gasteiger partial charge in [0.05, 0.1) is 36.6 Å². The van der Waals surface area contributed by atoms with E-state index in [9.17, 15) is 94.5 Å². The van der Waals surface area contributed by atoms with Crippen LogP contribution in [0.25, 0.3) is 0 Å². The molecule has 7 saturated heterocycles. The number of aliphatic hydroxyl groups is 11. The Morgan fingerprint density at radius 3 is 1.09 bits per heavy atom. The van der Waals surface area contributed by atoms with E-state index in [-0.39, 0.29) is 23.6 Å². The lowest BCUT2D eigenvalue weighted by molar-refractivity contribution is -0.182. The summed E-state index contributed by atoms with van der Waals surface area (Å²) in [6.07, 6.45) is 35.3. The van der Waals surface area contributed by atoms with Crippen molar-refractivity contribution in [1.29, 1.82) is 0 Å². The highest BCUT2D eigenvalue weighted by atomic mass is 31.2. The van der Waals surface area contributed by atoms with Gasteiger partial charge in [0.25, 0.3) is 34.7 Å². The van der Waals surface area contributed by atoms with E-state index in [1.165, 1.54) is 88.4 Å². The van der Waals surface area contributed by atoms with Crippen molar-refractivity contribution in [3.05, 3.63) is 177 Å². The quantitative estimate of drug-likeness (QED) is 0.0409. The third-order valence-corrected chi connectivity index (χ3v) is 33.7. The first-order valence-corrected chi connectivity index (χ1v) is 63.8. The highest BCUT2D eigenvalue weighted by Gasteiger charge is 2.63. The van der Waals surface area contributed by atoms with Gasteiger partial charge < -0.3 is 130 Å². The van der Waals surface area contributed by atoms with E-state index < -0.39 is 209 Å². The maximum atomic E-state index is 12.1. The minimum Gasteiger partial charge on any atom is -0.388 e. The van der Waals surface area contributed by atoms with Crippen molar-refractivity contribution < 1.29 is 109 Å². The van der Waals surface area contributed by atoms with Crippen molar-refractivity contribution in [2.75, 3.05) is 124 Å². The molecule has 13 rings (SSSR count). The summed E-state index contributed by atoms with van der Waals surface area (Å²) in [5.74, 6) is 0.328. The topological polar surface area (TPSA) is 526 Å². The normalized spacial score (nSPS) is 33.0. The van der Waals surface area contributed by atoms with E-state index in [1.54, 1.807) is 24.1 Å². The molecular weight excluding hydrogens is 1890 g/mol. The highest BCUT2D eigenvalue weighted by molar-refractivity contribution is 7.73. The van der Waals surface area contributed by atoms with Crippen LogP contribution >= 0.6 is 41.3 Å². The number of aliphatic hydroxyl groups excluding tert-OH is 9. The van der Waals surface area contributed by atoms with Crippen LogP contribution in [0.4, 0.5) is 0 Å². The summed E-state index contributed by atoms with van der Waals surface area (Å²) in [5, 5.41) is 125. The SMILES string of the molecule is C=C1NC(=O)C=CN1[C@@H]1O[C@@]2(CCP(=C)(C)C)CO[C@@H]1[C@@H]2O.C=C1NC(=O)C=CN1[C@@H]1O[C@H](CCP(=C)(C)C)[C@@H](O)[C@@]1(C)O.C=C1NC(=O)C=CN1[C@@H]1O[C@H](CCP(=C)(C)C)[C@@H](O)[C@]1(C)O.C=C1NC(=O)C=CN1[C@@H]1O[C@](C)(CCP(=C)(C)C)[C@@H](O)[C@H]1O.C=CCCc1cn([C@@H]2O[C@H](CCP(=C)(C)C)[C@@H](O)[C@H]2O)c(=O)[nH]c1=O.C=P(C)(C)CC[C@H]1O[C@@H](n2cc(CCC)c(=O)[nH]c2=O)[C@H](O)[C@@H]1O. The number of nitrogens with zero attached hydrogens (tertiary/aromatic N) is 6. The average molecular weight is 2040 g/mol. The number of ether oxygens (including phenoxy) is 7. The molecule has 770 valence electrons. The summed E-state index contributed by atoms with van der Waals surface area (Å²) >= 11 is 0. The van der Waals surface area contributed by atoms with Crippen LogP contribution in [0.3, 0.4) is 0 Å². The second-order valence-corrected chi connectivity index (χ2v) is 67.4. The molecule has 38 nitrogen and oxygen atoms in total. The van der Waals surface area contributed by atoms with E-state index >= 15 is 0 Å². The molecule has 11 aliphatic heterocycles. The number of nitrogens with one attached hydrogen (secondary N) is 6. The van der Waals surface area contributed by atoms with E-state index in [4.69, 9.17) is 33.2 Å². The van der Waals surface area contributed by atoms with Gasteiger partial charge in [0.15, 0.2) is 37.4 Å². The third kappa shape index (κ3) is 30.4. The number of fused-ring (bicyclic) bond motifs is 2. The summed E-state index contributed by atoms with van der Waals surface area (Å²) in [7, 11) is 0. The first-order chi connectivity index (χ1) is 63.1. The average Bonchev–Trinajstić information content (AvgIpc) is 1.56. The molecule has 24 atom stereocenters. The molecule has 4 amide bonds. The molecule has 2 aromatic heterocycles. The summed E-state index contributed by atoms with van der Waals surface area (Å²) in [5.41, 5.74) is -5.82. The number of rotatable bonds is 29. The third-order valence-electron chi connectivity index (χ3n) is 24.9. The van der Waals surface area contributed by atoms with Crippen LogP contribution in [0, 0.1) is 0 Å². The fourth-order valence-corrected chi connectivity index (χ4v) is 22.5. The lowest BCUT2D eigenvalue weighted by atomic mass is 9.94. The van der Waals surface area contributed by atoms with Gasteiger partial charge >= 0.3 is 11.4 Å². The highest BCUT2D eigenvalue weighted by Crippen LogP contribution is 2.50. The standard InChI is InChI=1S/C17H27N2O5P.C16H27N2O5P.C15H23N2O4P.3C15H25N2O4P/c1-5-6-7-11-10-19(17(23)18-15(11)22)16-14(21)13(20)12(24-16)8-9-25(2,3)4;1-5-6-10-9-18(16(22)17-14(10)21)15-13(20)12(19)11(23-15)7-8-24(2,3)4;1-10-16-11(18)5-7-17(10)14-12-13(19)15(21-14,9-20-12)6-8-22(2,3)4;2*1-10-16-12(18)6-8-17(10)14-15(2,20)13(19)11(21-14)7-9-22(3,4)5;1-10-16-11(18)6-8-17(10)14-12(19)13(20)15(2,21-14)7-9-22(3,4)5/h5,10,12-14,16,20-21H,1-2,6-9H2,3-4H3,(H,18,22,23);9,11-13,15,19-20H,2,5-8H2,1,3-4H3,(H,17,21,22);5,7,12-14,19H,1-2,6,8-9H2,3-4H3,(H,16,18);2*6,8,11,13-14,19-20H,1,3,7,9H2,2,4-5H3,(H,16,18);6,8,12-14,19-20H,1,3,7,9H2,2,4-5H3,(H,16,18)/t12-,13-,14-,16-;11-,12-,13-,15-;12-,13+,14-,15+;11-,13-,14-,15+;11-,13-,14-,15-;12-,13+,14-,15-/m111111/s1. The van der Waals surface area contributed by atoms with Gasteiger partial charge in [0.2, 0.25) is 0 Å². The molecule has 2 bridgehead atoms. The molecule has 11 aliphatic rings. The Balaban J connectivity index is 0.000000202. The Labute approximate surface area is 804 Å². The van der Waals surface area contributed by atoms with Crippen molar-refractivity contribution in [3.8, 4) is 0 Å². The van der Waals surface area contributed by atoms with E-state index in [0.29, 0.717) is 92.4 Å². The second kappa shape index (κ2) is 46.3. The summed E-state index contributed by atoms with van der Waals surface area (Å²) in [4.78, 5) is 104. The molecule has 44 heteroatoms. The van der Waals surface area contributed by atoms with Crippen molar-refractivity contribution in [1.82, 2.24) is 60.0 Å². The molecule has 7 fully saturated rings. The number of hydrogen-bond donors (Lipinski definition) is 17. The second-order valence-electron chi connectivity index (χ2n) is 41.5.